The lowest BCUT2D eigenvalue weighted by Gasteiger charge is -2.06. The Morgan fingerprint density at radius 2 is 2.00 bits per heavy atom. The fourth-order valence-corrected chi connectivity index (χ4v) is 1.43. The molecule has 0 spiro atoms. The van der Waals surface area contributed by atoms with Gasteiger partial charge in [0.15, 0.2) is 0 Å². The summed E-state index contributed by atoms with van der Waals surface area (Å²) >= 11 is 0. The van der Waals surface area contributed by atoms with E-state index in [-0.39, 0.29) is 6.61 Å². The van der Waals surface area contributed by atoms with Crippen molar-refractivity contribution in [1.29, 1.82) is 0 Å². The Kier molecular flexibility index (Phi) is 4.09. The maximum atomic E-state index is 8.94. The van der Waals surface area contributed by atoms with Crippen LogP contribution in [0.1, 0.15) is 12.5 Å². The van der Waals surface area contributed by atoms with Crippen LogP contribution in [0.2, 0.25) is 0 Å². The third-order valence-electron chi connectivity index (χ3n) is 2.29. The molecule has 1 aromatic heterocycles. The average Bonchev–Trinajstić information content (AvgIpc) is 2.40. The van der Waals surface area contributed by atoms with Crippen molar-refractivity contribution in [3.63, 3.8) is 0 Å². The molecule has 0 aliphatic carbocycles. The standard InChI is InChI=1S/C13H15N3O2/c1-2-14-13-15-8-7-12(16-13)18-11-5-3-10(9-17)4-6-11/h3-8,17H,2,9H2,1H3,(H,14,15,16). The molecule has 0 bridgehead atoms. The maximum absolute atomic E-state index is 8.94. The lowest BCUT2D eigenvalue weighted by atomic mass is 10.2. The first-order valence-corrected chi connectivity index (χ1v) is 5.76. The number of ether oxygens (including phenoxy) is 1. The molecule has 5 nitrogen and oxygen atoms in total. The van der Waals surface area contributed by atoms with Crippen LogP contribution in [0.15, 0.2) is 36.5 Å². The number of aliphatic hydroxyl groups excluding tert-OH is 1. The number of anilines is 1. The minimum absolute atomic E-state index is 0.0261. The van der Waals surface area contributed by atoms with Crippen molar-refractivity contribution >= 4 is 5.95 Å². The Labute approximate surface area is 105 Å². The molecule has 2 aromatic rings. The van der Waals surface area contributed by atoms with Gasteiger partial charge in [0.25, 0.3) is 0 Å². The van der Waals surface area contributed by atoms with E-state index in [1.165, 1.54) is 0 Å². The van der Waals surface area contributed by atoms with Crippen LogP contribution in [0.25, 0.3) is 0 Å². The predicted molar refractivity (Wildman–Crippen MR) is 68.6 cm³/mol. The van der Waals surface area contributed by atoms with Gasteiger partial charge in [0.1, 0.15) is 5.75 Å². The van der Waals surface area contributed by atoms with Gasteiger partial charge in [-0.3, -0.25) is 0 Å². The summed E-state index contributed by atoms with van der Waals surface area (Å²) in [6, 6.07) is 8.89. The summed E-state index contributed by atoms with van der Waals surface area (Å²) in [5.41, 5.74) is 0.846. The number of rotatable bonds is 5. The second kappa shape index (κ2) is 5.97. The fourth-order valence-electron chi connectivity index (χ4n) is 1.43. The molecule has 1 heterocycles. The summed E-state index contributed by atoms with van der Waals surface area (Å²) in [6.45, 7) is 2.76. The van der Waals surface area contributed by atoms with Crippen LogP contribution in [0.4, 0.5) is 5.95 Å². The topological polar surface area (TPSA) is 67.3 Å². The van der Waals surface area contributed by atoms with E-state index in [9.17, 15) is 0 Å². The van der Waals surface area contributed by atoms with E-state index < -0.39 is 0 Å². The van der Waals surface area contributed by atoms with Crippen molar-refractivity contribution in [1.82, 2.24) is 9.97 Å². The van der Waals surface area contributed by atoms with Gasteiger partial charge in [-0.05, 0) is 24.6 Å². The van der Waals surface area contributed by atoms with Crippen LogP contribution >= 0.6 is 0 Å². The first-order chi connectivity index (χ1) is 8.81. The zero-order chi connectivity index (χ0) is 12.8. The van der Waals surface area contributed by atoms with Gasteiger partial charge >= 0.3 is 0 Å². The average molecular weight is 245 g/mol. The third-order valence-corrected chi connectivity index (χ3v) is 2.29. The summed E-state index contributed by atoms with van der Waals surface area (Å²) < 4.78 is 5.59. The first kappa shape index (κ1) is 12.3. The minimum Gasteiger partial charge on any atom is -0.439 e. The minimum atomic E-state index is 0.0261. The van der Waals surface area contributed by atoms with Gasteiger partial charge in [0.05, 0.1) is 6.61 Å². The first-order valence-electron chi connectivity index (χ1n) is 5.76. The molecular formula is C13H15N3O2. The molecule has 18 heavy (non-hydrogen) atoms. The van der Waals surface area contributed by atoms with Crippen molar-refractivity contribution in [3.05, 3.63) is 42.1 Å². The Bertz CT molecular complexity index is 500. The highest BCUT2D eigenvalue weighted by Gasteiger charge is 2.01. The molecule has 0 aliphatic rings. The largest absolute Gasteiger partial charge is 0.439 e. The number of hydrogen-bond acceptors (Lipinski definition) is 5. The van der Waals surface area contributed by atoms with Gasteiger partial charge in [-0.15, -0.1) is 0 Å². The molecule has 0 amide bonds. The van der Waals surface area contributed by atoms with Crippen LogP contribution in [0.5, 0.6) is 11.6 Å². The predicted octanol–water partition coefficient (Wildman–Crippen LogP) is 2.19. The van der Waals surface area contributed by atoms with Gasteiger partial charge in [-0.2, -0.15) is 4.98 Å². The van der Waals surface area contributed by atoms with Crippen LogP contribution in [0, 0.1) is 0 Å². The summed E-state index contributed by atoms with van der Waals surface area (Å²) in [5, 5.41) is 12.0. The fraction of sp³-hybridized carbons (Fsp3) is 0.231. The summed E-state index contributed by atoms with van der Waals surface area (Å²) in [5.74, 6) is 1.70. The van der Waals surface area contributed by atoms with E-state index in [1.54, 1.807) is 24.4 Å². The Balaban J connectivity index is 2.09. The summed E-state index contributed by atoms with van der Waals surface area (Å²) in [6.07, 6.45) is 1.64. The zero-order valence-corrected chi connectivity index (χ0v) is 10.1. The summed E-state index contributed by atoms with van der Waals surface area (Å²) in [7, 11) is 0. The molecule has 1 aromatic carbocycles. The van der Waals surface area contributed by atoms with Crippen molar-refractivity contribution in [2.24, 2.45) is 0 Å². The Morgan fingerprint density at radius 1 is 1.22 bits per heavy atom. The van der Waals surface area contributed by atoms with Crippen LogP contribution < -0.4 is 10.1 Å². The van der Waals surface area contributed by atoms with Gasteiger partial charge in [0.2, 0.25) is 11.8 Å². The van der Waals surface area contributed by atoms with Crippen LogP contribution in [-0.2, 0) is 6.61 Å². The molecule has 0 aliphatic heterocycles. The second-order valence-electron chi connectivity index (χ2n) is 3.65. The highest BCUT2D eigenvalue weighted by molar-refractivity contribution is 5.32. The molecule has 2 rings (SSSR count). The molecule has 0 saturated heterocycles. The number of nitrogens with one attached hydrogen (secondary N) is 1. The van der Waals surface area contributed by atoms with Gasteiger partial charge in [-0.25, -0.2) is 4.98 Å². The highest BCUT2D eigenvalue weighted by atomic mass is 16.5. The van der Waals surface area contributed by atoms with Gasteiger partial charge < -0.3 is 15.2 Å². The number of aliphatic hydroxyl groups is 1. The number of hydrogen-bond donors (Lipinski definition) is 2. The van der Waals surface area contributed by atoms with E-state index in [0.717, 1.165) is 12.1 Å². The highest BCUT2D eigenvalue weighted by Crippen LogP contribution is 2.20. The van der Waals surface area contributed by atoms with Crippen molar-refractivity contribution in [2.45, 2.75) is 13.5 Å². The molecule has 0 atom stereocenters. The zero-order valence-electron chi connectivity index (χ0n) is 10.1. The number of benzene rings is 1. The molecule has 0 fully saturated rings. The van der Waals surface area contributed by atoms with Gasteiger partial charge in [-0.1, -0.05) is 12.1 Å². The van der Waals surface area contributed by atoms with Crippen molar-refractivity contribution in [3.8, 4) is 11.6 Å². The summed E-state index contributed by atoms with van der Waals surface area (Å²) in [4.78, 5) is 8.27. The second-order valence-corrected chi connectivity index (χ2v) is 3.65. The molecule has 0 radical (unpaired) electrons. The van der Waals surface area contributed by atoms with Crippen LogP contribution in [-0.4, -0.2) is 21.6 Å². The molecule has 2 N–H and O–H groups in total. The van der Waals surface area contributed by atoms with Gasteiger partial charge in [0, 0.05) is 18.8 Å². The molecule has 94 valence electrons. The smallest absolute Gasteiger partial charge is 0.225 e. The lowest BCUT2D eigenvalue weighted by molar-refractivity contribution is 0.281. The Morgan fingerprint density at radius 3 is 2.67 bits per heavy atom. The van der Waals surface area contributed by atoms with Crippen molar-refractivity contribution in [2.75, 3.05) is 11.9 Å². The third kappa shape index (κ3) is 3.18. The quantitative estimate of drug-likeness (QED) is 0.845. The van der Waals surface area contributed by atoms with Crippen LogP contribution in [0.3, 0.4) is 0 Å². The normalized spacial score (nSPS) is 10.1. The maximum Gasteiger partial charge on any atom is 0.225 e. The lowest BCUT2D eigenvalue weighted by Crippen LogP contribution is -2.02. The molecular weight excluding hydrogens is 230 g/mol. The number of nitrogens with zero attached hydrogens (tertiary/aromatic N) is 2. The monoisotopic (exact) mass is 245 g/mol. The molecule has 0 saturated carbocycles. The number of aromatic nitrogens is 2. The molecule has 5 heteroatoms. The van der Waals surface area contributed by atoms with Crippen molar-refractivity contribution < 1.29 is 9.84 Å². The van der Waals surface area contributed by atoms with E-state index in [0.29, 0.717) is 17.6 Å². The van der Waals surface area contributed by atoms with E-state index in [2.05, 4.69) is 15.3 Å². The Hall–Kier alpha value is -2.14. The molecule has 0 unspecified atom stereocenters. The van der Waals surface area contributed by atoms with E-state index in [1.807, 2.05) is 19.1 Å². The van der Waals surface area contributed by atoms with E-state index in [4.69, 9.17) is 9.84 Å². The van der Waals surface area contributed by atoms with E-state index >= 15 is 0 Å². The SMILES string of the molecule is CCNc1nccc(Oc2ccc(CO)cc2)n1.